The van der Waals surface area contributed by atoms with E-state index in [0.29, 0.717) is 0 Å². The number of para-hydroxylation sites is 1. The Morgan fingerprint density at radius 3 is 1.44 bits per heavy atom. The van der Waals surface area contributed by atoms with Crippen molar-refractivity contribution in [1.29, 1.82) is 0 Å². The summed E-state index contributed by atoms with van der Waals surface area (Å²) in [4.78, 5) is 0. The van der Waals surface area contributed by atoms with E-state index in [1.807, 2.05) is 7.11 Å². The lowest BCUT2D eigenvalue weighted by Gasteiger charge is -2.26. The topological polar surface area (TPSA) is 9.23 Å². The fraction of sp³-hybridized carbons (Fsp3) is 0.538. The Bertz CT molecular complexity index is 340. The van der Waals surface area contributed by atoms with E-state index in [9.17, 15) is 0 Å². The van der Waals surface area contributed by atoms with Crippen LogP contribution >= 0.6 is 0 Å². The minimum absolute atomic E-state index is 1.17. The summed E-state index contributed by atoms with van der Waals surface area (Å²) in [6, 6.07) is 6.69. The minimum atomic E-state index is -1.31. The van der Waals surface area contributed by atoms with Gasteiger partial charge in [-0.05, 0) is 10.4 Å². The Kier molecular flexibility index (Phi) is 3.70. The molecule has 0 atom stereocenters. The maximum absolute atomic E-state index is 5.70. The Morgan fingerprint density at radius 1 is 0.812 bits per heavy atom. The number of rotatable bonds is 3. The quantitative estimate of drug-likeness (QED) is 0.752. The van der Waals surface area contributed by atoms with Crippen LogP contribution in [0.4, 0.5) is 0 Å². The highest BCUT2D eigenvalue weighted by molar-refractivity contribution is 6.92. The van der Waals surface area contributed by atoms with Crippen molar-refractivity contribution in [2.45, 2.75) is 39.3 Å². The lowest BCUT2D eigenvalue weighted by atomic mass is 10.3. The monoisotopic (exact) mass is 252 g/mol. The minimum Gasteiger partial charge on any atom is -0.497 e. The first-order valence-electron chi connectivity index (χ1n) is 5.86. The highest BCUT2D eigenvalue weighted by Gasteiger charge is 2.27. The van der Waals surface area contributed by atoms with Crippen LogP contribution in [0.15, 0.2) is 18.2 Å². The molecular formula is C13H24OSi2. The van der Waals surface area contributed by atoms with Gasteiger partial charge in [-0.2, -0.15) is 0 Å². The van der Waals surface area contributed by atoms with Gasteiger partial charge in [0, 0.05) is 0 Å². The number of methoxy groups -OCH3 is 1. The standard InChI is InChI=1S/C13H24OSi2/c1-14-13-11(15(2,3)4)9-8-10-12(13)16(5,6)7/h8-10H,1-7H3. The molecule has 0 aliphatic carbocycles. The summed E-state index contributed by atoms with van der Waals surface area (Å²) in [5.41, 5.74) is 0. The smallest absolute Gasteiger partial charge is 0.117 e. The predicted octanol–water partition coefficient (Wildman–Crippen LogP) is 2.79. The van der Waals surface area contributed by atoms with E-state index in [1.165, 1.54) is 16.1 Å². The van der Waals surface area contributed by atoms with Crippen molar-refractivity contribution in [3.8, 4) is 5.75 Å². The summed E-state index contributed by atoms with van der Waals surface area (Å²) < 4.78 is 5.70. The van der Waals surface area contributed by atoms with E-state index in [4.69, 9.17) is 4.74 Å². The molecule has 0 saturated heterocycles. The zero-order valence-corrected chi connectivity index (χ0v) is 13.6. The van der Waals surface area contributed by atoms with Crippen molar-refractivity contribution < 1.29 is 4.74 Å². The molecular weight excluding hydrogens is 228 g/mol. The van der Waals surface area contributed by atoms with Gasteiger partial charge < -0.3 is 4.74 Å². The van der Waals surface area contributed by atoms with Gasteiger partial charge in [0.05, 0.1) is 23.3 Å². The number of benzene rings is 1. The van der Waals surface area contributed by atoms with Gasteiger partial charge >= 0.3 is 0 Å². The van der Waals surface area contributed by atoms with Crippen LogP contribution in [0, 0.1) is 0 Å². The van der Waals surface area contributed by atoms with E-state index in [0.717, 1.165) is 0 Å². The zero-order chi connectivity index (χ0) is 12.6. The molecule has 0 aliphatic heterocycles. The summed E-state index contributed by atoms with van der Waals surface area (Å²) in [6.45, 7) is 14.2. The van der Waals surface area contributed by atoms with Crippen molar-refractivity contribution in [3.05, 3.63) is 18.2 Å². The Labute approximate surface area is 102 Å². The van der Waals surface area contributed by atoms with Gasteiger partial charge in [0.2, 0.25) is 0 Å². The largest absolute Gasteiger partial charge is 0.497 e. The first-order chi connectivity index (χ1) is 7.18. The molecule has 90 valence electrons. The van der Waals surface area contributed by atoms with Gasteiger partial charge in [-0.1, -0.05) is 57.5 Å². The molecule has 1 rings (SSSR count). The van der Waals surface area contributed by atoms with Gasteiger partial charge in [0.1, 0.15) is 5.75 Å². The second kappa shape index (κ2) is 4.37. The Hall–Kier alpha value is -0.546. The molecule has 0 spiro atoms. The van der Waals surface area contributed by atoms with Crippen LogP contribution in [0.1, 0.15) is 0 Å². The second-order valence-corrected chi connectivity index (χ2v) is 16.5. The molecule has 3 heteroatoms. The van der Waals surface area contributed by atoms with Gasteiger partial charge in [0.15, 0.2) is 0 Å². The maximum atomic E-state index is 5.70. The molecule has 0 heterocycles. The van der Waals surface area contributed by atoms with Crippen LogP contribution in [-0.4, -0.2) is 23.3 Å². The summed E-state index contributed by atoms with van der Waals surface area (Å²) in [6.07, 6.45) is 0. The Balaban J connectivity index is 3.45. The SMILES string of the molecule is COc1c([Si](C)(C)C)cccc1[Si](C)(C)C. The number of hydrogen-bond acceptors (Lipinski definition) is 1. The molecule has 0 amide bonds. The molecule has 0 fully saturated rings. The van der Waals surface area contributed by atoms with Gasteiger partial charge in [0.25, 0.3) is 0 Å². The first-order valence-corrected chi connectivity index (χ1v) is 12.9. The summed E-state index contributed by atoms with van der Waals surface area (Å²) in [5, 5.41) is 2.91. The van der Waals surface area contributed by atoms with Crippen LogP contribution < -0.4 is 15.1 Å². The average molecular weight is 253 g/mol. The van der Waals surface area contributed by atoms with Crippen LogP contribution in [0.5, 0.6) is 5.75 Å². The molecule has 0 aromatic heterocycles. The third kappa shape index (κ3) is 2.77. The van der Waals surface area contributed by atoms with Crippen molar-refractivity contribution in [1.82, 2.24) is 0 Å². The van der Waals surface area contributed by atoms with Crippen molar-refractivity contribution in [3.63, 3.8) is 0 Å². The third-order valence-corrected chi connectivity index (χ3v) is 6.85. The highest BCUT2D eigenvalue weighted by atomic mass is 28.3. The second-order valence-electron chi connectivity index (χ2n) is 6.39. The van der Waals surface area contributed by atoms with Crippen molar-refractivity contribution >= 4 is 26.5 Å². The summed E-state index contributed by atoms with van der Waals surface area (Å²) >= 11 is 0. The predicted molar refractivity (Wildman–Crippen MR) is 79.0 cm³/mol. The fourth-order valence-corrected chi connectivity index (χ4v) is 5.09. The molecule has 1 aromatic rings. The number of hydrogen-bond donors (Lipinski definition) is 0. The molecule has 0 unspecified atom stereocenters. The number of ether oxygens (including phenoxy) is 1. The van der Waals surface area contributed by atoms with Crippen LogP contribution in [0.2, 0.25) is 39.3 Å². The molecule has 16 heavy (non-hydrogen) atoms. The van der Waals surface area contributed by atoms with Crippen LogP contribution in [-0.2, 0) is 0 Å². The van der Waals surface area contributed by atoms with Gasteiger partial charge in [-0.3, -0.25) is 0 Å². The summed E-state index contributed by atoms with van der Waals surface area (Å²) in [5.74, 6) is 1.17. The molecule has 0 saturated carbocycles. The van der Waals surface area contributed by atoms with Crippen LogP contribution in [0.25, 0.3) is 0 Å². The molecule has 0 bridgehead atoms. The third-order valence-electron chi connectivity index (χ3n) is 2.84. The fourth-order valence-electron chi connectivity index (χ4n) is 1.94. The lowest BCUT2D eigenvalue weighted by Crippen LogP contribution is -2.46. The first kappa shape index (κ1) is 13.5. The molecule has 1 aromatic carbocycles. The van der Waals surface area contributed by atoms with Crippen molar-refractivity contribution in [2.75, 3.05) is 7.11 Å². The normalized spacial score (nSPS) is 12.7. The molecule has 0 aliphatic rings. The molecule has 0 N–H and O–H groups in total. The summed E-state index contributed by atoms with van der Waals surface area (Å²) in [7, 11) is -0.815. The molecule has 0 radical (unpaired) electrons. The van der Waals surface area contributed by atoms with E-state index >= 15 is 0 Å². The van der Waals surface area contributed by atoms with E-state index in [1.54, 1.807) is 0 Å². The van der Waals surface area contributed by atoms with Gasteiger partial charge in [-0.25, -0.2) is 0 Å². The molecule has 1 nitrogen and oxygen atoms in total. The lowest BCUT2D eigenvalue weighted by molar-refractivity contribution is 0.421. The van der Waals surface area contributed by atoms with Gasteiger partial charge in [-0.15, -0.1) is 0 Å². The van der Waals surface area contributed by atoms with E-state index in [2.05, 4.69) is 57.5 Å². The maximum Gasteiger partial charge on any atom is 0.117 e. The van der Waals surface area contributed by atoms with Crippen molar-refractivity contribution in [2.24, 2.45) is 0 Å². The zero-order valence-electron chi connectivity index (χ0n) is 11.6. The van der Waals surface area contributed by atoms with E-state index < -0.39 is 16.1 Å². The highest BCUT2D eigenvalue weighted by Crippen LogP contribution is 2.16. The average Bonchev–Trinajstić information content (AvgIpc) is 2.13. The van der Waals surface area contributed by atoms with Crippen LogP contribution in [0.3, 0.4) is 0 Å². The van der Waals surface area contributed by atoms with E-state index in [-0.39, 0.29) is 0 Å². The Morgan fingerprint density at radius 2 is 1.19 bits per heavy atom.